The summed E-state index contributed by atoms with van der Waals surface area (Å²) in [5.41, 5.74) is 1.50. The standard InChI is InChI=1S/C32H39FN2O3/c1-31(2,3)25-17-11-13-19-28(25)38-22-29(36)35(21-24-16-10-12-18-26(24)33)27(30(37)34-32(4,5)6)20-23-14-8-7-9-15-23/h7-19,27H,20-22H2,1-6H3,(H,34,37)/t27-/m0/s1. The Labute approximate surface area is 226 Å². The number of ether oxygens (including phenoxy) is 1. The number of nitrogens with zero attached hydrogens (tertiary/aromatic N) is 1. The van der Waals surface area contributed by atoms with Crippen LogP contribution in [0.2, 0.25) is 0 Å². The molecule has 0 aliphatic carbocycles. The molecule has 0 saturated heterocycles. The molecule has 0 spiro atoms. The molecule has 2 amide bonds. The number of para-hydroxylation sites is 1. The summed E-state index contributed by atoms with van der Waals surface area (Å²) in [5.74, 6) is -0.528. The smallest absolute Gasteiger partial charge is 0.261 e. The number of amides is 2. The van der Waals surface area contributed by atoms with E-state index in [1.54, 1.807) is 18.2 Å². The van der Waals surface area contributed by atoms with Crippen LogP contribution in [0.3, 0.4) is 0 Å². The molecule has 0 bridgehead atoms. The van der Waals surface area contributed by atoms with Crippen LogP contribution in [0.1, 0.15) is 58.2 Å². The molecule has 38 heavy (non-hydrogen) atoms. The number of hydrogen-bond donors (Lipinski definition) is 1. The lowest BCUT2D eigenvalue weighted by molar-refractivity contribution is -0.143. The molecule has 0 heterocycles. The lowest BCUT2D eigenvalue weighted by Gasteiger charge is -2.34. The first-order valence-corrected chi connectivity index (χ1v) is 13.0. The lowest BCUT2D eigenvalue weighted by atomic mass is 9.86. The van der Waals surface area contributed by atoms with E-state index in [1.807, 2.05) is 75.4 Å². The Kier molecular flexibility index (Phi) is 9.31. The Morgan fingerprint density at radius 1 is 0.868 bits per heavy atom. The average Bonchev–Trinajstić information content (AvgIpc) is 2.85. The van der Waals surface area contributed by atoms with Crippen molar-refractivity contribution in [3.8, 4) is 5.75 Å². The molecule has 0 radical (unpaired) electrons. The highest BCUT2D eigenvalue weighted by molar-refractivity contribution is 5.89. The molecule has 0 unspecified atom stereocenters. The van der Waals surface area contributed by atoms with Crippen LogP contribution in [0.15, 0.2) is 78.9 Å². The molecule has 1 N–H and O–H groups in total. The Balaban J connectivity index is 1.97. The van der Waals surface area contributed by atoms with Gasteiger partial charge in [-0.1, -0.05) is 87.5 Å². The van der Waals surface area contributed by atoms with Crippen LogP contribution in [0.5, 0.6) is 5.75 Å². The molecule has 202 valence electrons. The van der Waals surface area contributed by atoms with Crippen LogP contribution in [-0.2, 0) is 28.0 Å². The minimum absolute atomic E-state index is 0.0646. The normalized spacial score (nSPS) is 12.5. The number of nitrogens with one attached hydrogen (secondary N) is 1. The van der Waals surface area contributed by atoms with Gasteiger partial charge in [0.05, 0.1) is 0 Å². The summed E-state index contributed by atoms with van der Waals surface area (Å²) < 4.78 is 20.8. The first-order valence-electron chi connectivity index (χ1n) is 13.0. The predicted molar refractivity (Wildman–Crippen MR) is 149 cm³/mol. The zero-order valence-corrected chi connectivity index (χ0v) is 23.3. The van der Waals surface area contributed by atoms with Gasteiger partial charge in [-0.2, -0.15) is 0 Å². The fourth-order valence-electron chi connectivity index (χ4n) is 4.25. The molecular formula is C32H39FN2O3. The third-order valence-corrected chi connectivity index (χ3v) is 6.11. The van der Waals surface area contributed by atoms with Crippen LogP contribution in [-0.4, -0.2) is 34.9 Å². The van der Waals surface area contributed by atoms with Crippen molar-refractivity contribution in [1.82, 2.24) is 10.2 Å². The summed E-state index contributed by atoms with van der Waals surface area (Å²) >= 11 is 0. The Morgan fingerprint density at radius 2 is 1.47 bits per heavy atom. The Hall–Kier alpha value is -3.67. The second kappa shape index (κ2) is 12.2. The zero-order chi connectivity index (χ0) is 27.9. The fraction of sp³-hybridized carbons (Fsp3) is 0.375. The second-order valence-electron chi connectivity index (χ2n) is 11.6. The number of halogens is 1. The van der Waals surface area contributed by atoms with Gasteiger partial charge in [-0.25, -0.2) is 4.39 Å². The fourth-order valence-corrected chi connectivity index (χ4v) is 4.25. The maximum absolute atomic E-state index is 14.7. The summed E-state index contributed by atoms with van der Waals surface area (Å²) in [7, 11) is 0. The molecule has 3 rings (SSSR count). The third-order valence-electron chi connectivity index (χ3n) is 6.11. The van der Waals surface area contributed by atoms with Gasteiger partial charge >= 0.3 is 0 Å². The minimum atomic E-state index is -0.870. The van der Waals surface area contributed by atoms with Crippen molar-refractivity contribution >= 4 is 11.8 Å². The van der Waals surface area contributed by atoms with Gasteiger partial charge in [-0.05, 0) is 49.4 Å². The van der Waals surface area contributed by atoms with E-state index in [4.69, 9.17) is 4.74 Å². The van der Waals surface area contributed by atoms with E-state index >= 15 is 0 Å². The van der Waals surface area contributed by atoms with E-state index in [1.165, 1.54) is 11.0 Å². The van der Waals surface area contributed by atoms with Crippen LogP contribution < -0.4 is 10.1 Å². The first kappa shape index (κ1) is 28.9. The minimum Gasteiger partial charge on any atom is -0.483 e. The molecule has 0 aromatic heterocycles. The maximum Gasteiger partial charge on any atom is 0.261 e. The molecule has 0 saturated carbocycles. The lowest BCUT2D eigenvalue weighted by Crippen LogP contribution is -2.55. The topological polar surface area (TPSA) is 58.6 Å². The molecule has 3 aromatic carbocycles. The average molecular weight is 519 g/mol. The van der Waals surface area contributed by atoms with Crippen LogP contribution in [0.4, 0.5) is 4.39 Å². The number of hydrogen-bond acceptors (Lipinski definition) is 3. The van der Waals surface area contributed by atoms with E-state index in [2.05, 4.69) is 26.1 Å². The van der Waals surface area contributed by atoms with Crippen molar-refractivity contribution in [1.29, 1.82) is 0 Å². The van der Waals surface area contributed by atoms with E-state index in [0.717, 1.165) is 11.1 Å². The van der Waals surface area contributed by atoms with E-state index in [-0.39, 0.29) is 30.9 Å². The van der Waals surface area contributed by atoms with Crippen molar-refractivity contribution in [2.24, 2.45) is 0 Å². The van der Waals surface area contributed by atoms with Gasteiger partial charge in [0, 0.05) is 24.1 Å². The largest absolute Gasteiger partial charge is 0.483 e. The summed E-state index contributed by atoms with van der Waals surface area (Å²) in [6, 6.07) is 22.6. The summed E-state index contributed by atoms with van der Waals surface area (Å²) in [6.07, 6.45) is 0.279. The molecule has 0 fully saturated rings. The van der Waals surface area contributed by atoms with Crippen molar-refractivity contribution in [3.05, 3.63) is 101 Å². The van der Waals surface area contributed by atoms with Crippen LogP contribution in [0.25, 0.3) is 0 Å². The number of carbonyl (C=O) groups is 2. The van der Waals surface area contributed by atoms with Crippen LogP contribution in [0, 0.1) is 5.82 Å². The monoisotopic (exact) mass is 518 g/mol. The SMILES string of the molecule is CC(C)(C)NC(=O)[C@H](Cc1ccccc1)N(Cc1ccccc1F)C(=O)COc1ccccc1C(C)(C)C. The van der Waals surface area contributed by atoms with Gasteiger partial charge in [0.15, 0.2) is 6.61 Å². The number of rotatable bonds is 9. The highest BCUT2D eigenvalue weighted by Crippen LogP contribution is 2.31. The number of carbonyl (C=O) groups excluding carboxylic acids is 2. The Bertz CT molecular complexity index is 1230. The van der Waals surface area contributed by atoms with Crippen molar-refractivity contribution in [3.63, 3.8) is 0 Å². The third kappa shape index (κ3) is 8.17. The number of benzene rings is 3. The van der Waals surface area contributed by atoms with Crippen molar-refractivity contribution in [2.45, 2.75) is 71.5 Å². The summed E-state index contributed by atoms with van der Waals surface area (Å²) in [5, 5.41) is 3.01. The van der Waals surface area contributed by atoms with Gasteiger partial charge in [0.25, 0.3) is 5.91 Å². The van der Waals surface area contributed by atoms with Crippen molar-refractivity contribution < 1.29 is 18.7 Å². The molecule has 0 aliphatic rings. The zero-order valence-electron chi connectivity index (χ0n) is 23.3. The van der Waals surface area contributed by atoms with Gasteiger partial charge in [-0.15, -0.1) is 0 Å². The van der Waals surface area contributed by atoms with E-state index < -0.39 is 23.3 Å². The molecular weight excluding hydrogens is 479 g/mol. The second-order valence-corrected chi connectivity index (χ2v) is 11.6. The molecule has 5 nitrogen and oxygen atoms in total. The van der Waals surface area contributed by atoms with Gasteiger partial charge in [0.1, 0.15) is 17.6 Å². The van der Waals surface area contributed by atoms with Gasteiger partial charge < -0.3 is 15.0 Å². The molecule has 3 aromatic rings. The Morgan fingerprint density at radius 3 is 2.11 bits per heavy atom. The summed E-state index contributed by atoms with van der Waals surface area (Å²) in [6.45, 7) is 11.6. The van der Waals surface area contributed by atoms with Gasteiger partial charge in [0.2, 0.25) is 5.91 Å². The predicted octanol–water partition coefficient (Wildman–Crippen LogP) is 6.06. The van der Waals surface area contributed by atoms with E-state index in [0.29, 0.717) is 11.3 Å². The highest BCUT2D eigenvalue weighted by Gasteiger charge is 2.33. The molecule has 6 heteroatoms. The molecule has 0 aliphatic heterocycles. The highest BCUT2D eigenvalue weighted by atomic mass is 19.1. The van der Waals surface area contributed by atoms with Crippen LogP contribution >= 0.6 is 0 Å². The molecule has 1 atom stereocenters. The summed E-state index contributed by atoms with van der Waals surface area (Å²) in [4.78, 5) is 28.8. The van der Waals surface area contributed by atoms with Gasteiger partial charge in [-0.3, -0.25) is 9.59 Å². The van der Waals surface area contributed by atoms with Crippen molar-refractivity contribution in [2.75, 3.05) is 6.61 Å². The quantitative estimate of drug-likeness (QED) is 0.375. The van der Waals surface area contributed by atoms with E-state index in [9.17, 15) is 14.0 Å². The maximum atomic E-state index is 14.7. The first-order chi connectivity index (χ1) is 17.8.